The number of imide groups is 2. The molecule has 3 aromatic rings. The zero-order valence-corrected chi connectivity index (χ0v) is 26.7. The van der Waals surface area contributed by atoms with Crippen LogP contribution < -0.4 is 4.90 Å². The van der Waals surface area contributed by atoms with Gasteiger partial charge in [-0.2, -0.15) is 0 Å². The van der Waals surface area contributed by atoms with E-state index in [1.165, 1.54) is 4.90 Å². The van der Waals surface area contributed by atoms with Crippen molar-refractivity contribution in [3.8, 4) is 5.75 Å². The zero-order valence-electron chi connectivity index (χ0n) is 25.9. The third kappa shape index (κ3) is 4.55. The third-order valence-corrected chi connectivity index (χ3v) is 10.9. The van der Waals surface area contributed by atoms with Crippen LogP contribution in [0, 0.1) is 23.7 Å². The van der Waals surface area contributed by atoms with E-state index in [2.05, 4.69) is 6.58 Å². The van der Waals surface area contributed by atoms with E-state index < -0.39 is 64.6 Å². The molecule has 244 valence electrons. The third-order valence-electron chi connectivity index (χ3n) is 10.6. The van der Waals surface area contributed by atoms with Gasteiger partial charge < -0.3 is 10.2 Å². The summed E-state index contributed by atoms with van der Waals surface area (Å²) in [7, 11) is 0. The van der Waals surface area contributed by atoms with Crippen molar-refractivity contribution in [2.75, 3.05) is 11.4 Å². The number of benzene rings is 3. The van der Waals surface area contributed by atoms with E-state index in [0.717, 1.165) is 4.90 Å². The van der Waals surface area contributed by atoms with Crippen LogP contribution >= 0.6 is 11.6 Å². The van der Waals surface area contributed by atoms with Gasteiger partial charge in [0.05, 0.1) is 35.3 Å². The summed E-state index contributed by atoms with van der Waals surface area (Å²) in [4.78, 5) is 71.2. The van der Waals surface area contributed by atoms with Crippen molar-refractivity contribution in [1.82, 2.24) is 4.90 Å². The van der Waals surface area contributed by atoms with E-state index in [9.17, 15) is 29.4 Å². The van der Waals surface area contributed by atoms with Gasteiger partial charge in [0.1, 0.15) is 5.75 Å². The van der Waals surface area contributed by atoms with Crippen LogP contribution in [-0.2, 0) is 35.8 Å². The maximum atomic E-state index is 15.3. The number of para-hydroxylation sites is 1. The lowest BCUT2D eigenvalue weighted by atomic mass is 9.49. The molecule has 2 aliphatic carbocycles. The fourth-order valence-electron chi connectivity index (χ4n) is 8.75. The molecule has 7 rings (SSSR count). The van der Waals surface area contributed by atoms with Crippen LogP contribution in [0.5, 0.6) is 5.75 Å². The lowest BCUT2D eigenvalue weighted by Gasteiger charge is -2.50. The molecule has 6 unspecified atom stereocenters. The summed E-state index contributed by atoms with van der Waals surface area (Å²) in [6.45, 7) is 3.58. The molecule has 4 aliphatic rings. The van der Waals surface area contributed by atoms with Crippen molar-refractivity contribution < 1.29 is 34.2 Å². The molecule has 2 saturated heterocycles. The first kappa shape index (κ1) is 31.6. The normalized spacial score (nSPS) is 27.8. The highest BCUT2D eigenvalue weighted by Gasteiger charge is 2.70. The molecule has 0 spiro atoms. The number of amides is 4. The Morgan fingerprint density at radius 1 is 0.958 bits per heavy atom. The average molecular weight is 665 g/mol. The highest BCUT2D eigenvalue weighted by Crippen LogP contribution is 2.65. The number of phenols is 1. The molecule has 2 aliphatic heterocycles. The quantitative estimate of drug-likeness (QED) is 0.243. The largest absolute Gasteiger partial charge is 0.507 e. The highest BCUT2D eigenvalue weighted by molar-refractivity contribution is 6.32. The minimum atomic E-state index is -1.52. The van der Waals surface area contributed by atoms with Crippen molar-refractivity contribution in [2.45, 2.75) is 37.0 Å². The summed E-state index contributed by atoms with van der Waals surface area (Å²) in [6.07, 6.45) is 3.85. The van der Waals surface area contributed by atoms with E-state index in [-0.39, 0.29) is 31.6 Å². The number of aliphatic carboxylic acids is 1. The van der Waals surface area contributed by atoms with E-state index in [4.69, 9.17) is 11.6 Å². The topological polar surface area (TPSA) is 132 Å². The molecule has 2 N–H and O–H groups in total. The first-order valence-corrected chi connectivity index (χ1v) is 16.4. The van der Waals surface area contributed by atoms with Crippen LogP contribution in [0.3, 0.4) is 0 Å². The van der Waals surface area contributed by atoms with Gasteiger partial charge in [-0.3, -0.25) is 28.9 Å². The SMILES string of the molecule is C=CCc1cccc(C2C3=CCC4C(=O)N(CCC(=O)O)C(=O)C4C3CC3C(=O)N(c4cccc(Cl)c4)C(=O)C32c2ccccc2)c1O. The molecular formula is C38H33ClN2O7. The van der Waals surface area contributed by atoms with Crippen LogP contribution in [-0.4, -0.2) is 51.3 Å². The monoisotopic (exact) mass is 664 g/mol. The minimum Gasteiger partial charge on any atom is -0.507 e. The lowest BCUT2D eigenvalue weighted by molar-refractivity contribution is -0.142. The van der Waals surface area contributed by atoms with Crippen LogP contribution in [0.25, 0.3) is 0 Å². The van der Waals surface area contributed by atoms with Gasteiger partial charge in [-0.15, -0.1) is 6.58 Å². The molecule has 10 heteroatoms. The molecule has 0 aromatic heterocycles. The smallest absolute Gasteiger partial charge is 0.305 e. The standard InChI is InChI=1S/C38H33ClN2O7/c1-2-8-21-9-6-14-27(33(21)44)32-25-15-16-26-31(36(47)40(34(26)45)18-17-30(42)43)28(25)20-29-35(46)41(24-13-7-12-23(39)19-24)37(48)38(29,32)22-10-4-3-5-11-22/h2-7,9-15,19,26,28-29,31-32,44H,1,8,16-18,20H2,(H,42,43). The second-order valence-corrected chi connectivity index (χ2v) is 13.3. The number of nitrogens with zero attached hydrogens (tertiary/aromatic N) is 2. The maximum absolute atomic E-state index is 15.3. The molecule has 0 bridgehead atoms. The summed E-state index contributed by atoms with van der Waals surface area (Å²) < 4.78 is 0. The lowest BCUT2D eigenvalue weighted by Crippen LogP contribution is -2.53. The minimum absolute atomic E-state index is 0.0292. The zero-order chi connectivity index (χ0) is 33.9. The van der Waals surface area contributed by atoms with E-state index in [1.807, 2.05) is 36.4 Å². The molecule has 6 atom stereocenters. The molecule has 48 heavy (non-hydrogen) atoms. The Balaban J connectivity index is 1.48. The summed E-state index contributed by atoms with van der Waals surface area (Å²) in [5, 5.41) is 21.5. The summed E-state index contributed by atoms with van der Waals surface area (Å²) in [6, 6.07) is 20.9. The number of hydrogen-bond donors (Lipinski definition) is 2. The Labute approximate surface area is 282 Å². The van der Waals surface area contributed by atoms with Gasteiger partial charge in [-0.25, -0.2) is 4.90 Å². The van der Waals surface area contributed by atoms with Crippen molar-refractivity contribution in [2.24, 2.45) is 23.7 Å². The van der Waals surface area contributed by atoms with Crippen LogP contribution in [0.15, 0.2) is 97.1 Å². The number of anilines is 1. The van der Waals surface area contributed by atoms with Crippen molar-refractivity contribution in [3.63, 3.8) is 0 Å². The Morgan fingerprint density at radius 3 is 2.42 bits per heavy atom. The second kappa shape index (κ2) is 11.9. The summed E-state index contributed by atoms with van der Waals surface area (Å²) >= 11 is 6.35. The maximum Gasteiger partial charge on any atom is 0.305 e. The van der Waals surface area contributed by atoms with Gasteiger partial charge in [-0.1, -0.05) is 83.9 Å². The number of carboxylic acid groups (broad SMARTS) is 1. The van der Waals surface area contributed by atoms with Crippen LogP contribution in [0.4, 0.5) is 5.69 Å². The summed E-state index contributed by atoms with van der Waals surface area (Å²) in [5.41, 5.74) is 1.12. The fraction of sp³-hybridized carbons (Fsp3) is 0.289. The number of hydrogen-bond acceptors (Lipinski definition) is 6. The Bertz CT molecular complexity index is 1920. The molecule has 3 aromatic carbocycles. The second-order valence-electron chi connectivity index (χ2n) is 12.9. The van der Waals surface area contributed by atoms with Crippen LogP contribution in [0.2, 0.25) is 5.02 Å². The number of carbonyl (C=O) groups is 5. The number of fused-ring (bicyclic) bond motifs is 4. The molecule has 2 heterocycles. The number of aromatic hydroxyl groups is 1. The molecule has 3 fully saturated rings. The number of rotatable bonds is 8. The fourth-order valence-corrected chi connectivity index (χ4v) is 8.93. The number of halogens is 1. The van der Waals surface area contributed by atoms with E-state index in [0.29, 0.717) is 39.4 Å². The first-order valence-electron chi connectivity index (χ1n) is 16.0. The molecular weight excluding hydrogens is 632 g/mol. The first-order chi connectivity index (χ1) is 23.1. The number of allylic oxidation sites excluding steroid dienone is 3. The highest BCUT2D eigenvalue weighted by atomic mass is 35.5. The Kier molecular flexibility index (Phi) is 7.83. The van der Waals surface area contributed by atoms with Crippen molar-refractivity contribution in [3.05, 3.63) is 119 Å². The number of likely N-dealkylation sites (tertiary alicyclic amines) is 1. The van der Waals surface area contributed by atoms with Gasteiger partial charge in [0.2, 0.25) is 23.6 Å². The van der Waals surface area contributed by atoms with E-state index >= 15 is 4.79 Å². The molecule has 0 radical (unpaired) electrons. The van der Waals surface area contributed by atoms with Crippen LogP contribution in [0.1, 0.15) is 41.9 Å². The van der Waals surface area contributed by atoms with Gasteiger partial charge in [0.25, 0.3) is 0 Å². The van der Waals surface area contributed by atoms with Gasteiger partial charge in [-0.05, 0) is 54.5 Å². The van der Waals surface area contributed by atoms with Crippen molar-refractivity contribution >= 4 is 46.9 Å². The van der Waals surface area contributed by atoms with Gasteiger partial charge in [0.15, 0.2) is 0 Å². The predicted octanol–water partition coefficient (Wildman–Crippen LogP) is 5.41. The predicted molar refractivity (Wildman–Crippen MR) is 177 cm³/mol. The summed E-state index contributed by atoms with van der Waals surface area (Å²) in [5.74, 6) is -7.03. The van der Waals surface area contributed by atoms with Gasteiger partial charge >= 0.3 is 5.97 Å². The number of carbonyl (C=O) groups excluding carboxylic acids is 4. The van der Waals surface area contributed by atoms with E-state index in [1.54, 1.807) is 48.5 Å². The van der Waals surface area contributed by atoms with Gasteiger partial charge in [0, 0.05) is 23.0 Å². The average Bonchev–Trinajstić information content (AvgIpc) is 3.45. The van der Waals surface area contributed by atoms with Crippen molar-refractivity contribution in [1.29, 1.82) is 0 Å². The molecule has 4 amide bonds. The Morgan fingerprint density at radius 2 is 1.71 bits per heavy atom. The molecule has 9 nitrogen and oxygen atoms in total. The molecule has 1 saturated carbocycles. The Hall–Kier alpha value is -5.02. The number of phenolic OH excluding ortho intramolecular Hbond substituents is 1. The number of carboxylic acids is 1.